The van der Waals surface area contributed by atoms with Crippen molar-refractivity contribution in [2.75, 3.05) is 20.2 Å². The topological polar surface area (TPSA) is 75.7 Å². The first kappa shape index (κ1) is 22.9. The highest BCUT2D eigenvalue weighted by atomic mass is 79.9. The minimum atomic E-state index is -0.531. The van der Waals surface area contributed by atoms with Crippen molar-refractivity contribution < 1.29 is 23.5 Å². The normalized spacial score (nSPS) is 17.0. The van der Waals surface area contributed by atoms with Crippen LogP contribution in [0.1, 0.15) is 41.2 Å². The van der Waals surface area contributed by atoms with E-state index >= 15 is 0 Å². The predicted molar refractivity (Wildman–Crippen MR) is 117 cm³/mol. The number of nitrogens with zero attached hydrogens (tertiary/aromatic N) is 1. The Labute approximate surface area is 188 Å². The van der Waals surface area contributed by atoms with Gasteiger partial charge in [-0.1, -0.05) is 28.1 Å². The van der Waals surface area contributed by atoms with Crippen molar-refractivity contribution in [3.63, 3.8) is 0 Å². The zero-order valence-electron chi connectivity index (χ0n) is 17.1. The van der Waals surface area contributed by atoms with Crippen LogP contribution < -0.4 is 5.32 Å². The van der Waals surface area contributed by atoms with E-state index in [1.807, 2.05) is 24.3 Å². The molecule has 3 rings (SSSR count). The maximum atomic E-state index is 13.1. The molecule has 0 spiro atoms. The lowest BCUT2D eigenvalue weighted by Crippen LogP contribution is -2.46. The van der Waals surface area contributed by atoms with Gasteiger partial charge in [-0.3, -0.25) is 14.4 Å². The molecule has 1 fully saturated rings. The van der Waals surface area contributed by atoms with Gasteiger partial charge in [0.15, 0.2) is 0 Å². The van der Waals surface area contributed by atoms with Gasteiger partial charge in [-0.25, -0.2) is 4.39 Å². The molecule has 1 aliphatic heterocycles. The Morgan fingerprint density at radius 2 is 1.84 bits per heavy atom. The van der Waals surface area contributed by atoms with Crippen molar-refractivity contribution in [3.8, 4) is 0 Å². The Morgan fingerprint density at radius 1 is 1.16 bits per heavy atom. The quantitative estimate of drug-likeness (QED) is 0.623. The predicted octanol–water partition coefficient (Wildman–Crippen LogP) is 3.86. The maximum absolute atomic E-state index is 13.1. The largest absolute Gasteiger partial charge is 0.469 e. The zero-order valence-corrected chi connectivity index (χ0v) is 18.7. The van der Waals surface area contributed by atoms with Crippen LogP contribution in [0.15, 0.2) is 53.0 Å². The van der Waals surface area contributed by atoms with E-state index in [2.05, 4.69) is 21.2 Å². The molecule has 0 saturated carbocycles. The molecule has 2 aromatic rings. The lowest BCUT2D eigenvalue weighted by atomic mass is 9.95. The number of halogens is 2. The first-order valence-electron chi connectivity index (χ1n) is 10.0. The fourth-order valence-corrected chi connectivity index (χ4v) is 3.90. The highest BCUT2D eigenvalue weighted by Crippen LogP contribution is 2.24. The first-order chi connectivity index (χ1) is 14.9. The Hall–Kier alpha value is -2.74. The molecule has 1 N–H and O–H groups in total. The zero-order chi connectivity index (χ0) is 22.4. The lowest BCUT2D eigenvalue weighted by molar-refractivity contribution is -0.141. The van der Waals surface area contributed by atoms with Gasteiger partial charge in [0.25, 0.3) is 5.91 Å². The van der Waals surface area contributed by atoms with E-state index in [0.717, 1.165) is 10.0 Å². The summed E-state index contributed by atoms with van der Waals surface area (Å²) >= 11 is 3.38. The van der Waals surface area contributed by atoms with Gasteiger partial charge in [0.2, 0.25) is 5.91 Å². The number of methoxy groups -OCH3 is 1. The van der Waals surface area contributed by atoms with E-state index in [9.17, 15) is 18.8 Å². The van der Waals surface area contributed by atoms with Crippen molar-refractivity contribution >= 4 is 33.7 Å². The van der Waals surface area contributed by atoms with Crippen molar-refractivity contribution in [2.45, 2.75) is 25.3 Å². The lowest BCUT2D eigenvalue weighted by Gasteiger charge is -2.33. The molecule has 2 aromatic carbocycles. The van der Waals surface area contributed by atoms with Crippen LogP contribution in [-0.2, 0) is 14.3 Å². The number of carbonyl (C=O) groups excluding carboxylic acids is 3. The highest BCUT2D eigenvalue weighted by Gasteiger charge is 2.31. The molecular formula is C23H24BrFN2O4. The number of hydrogen-bond acceptors (Lipinski definition) is 4. The van der Waals surface area contributed by atoms with Crippen LogP contribution in [0, 0.1) is 11.7 Å². The Kier molecular flexibility index (Phi) is 7.79. The van der Waals surface area contributed by atoms with Gasteiger partial charge in [-0.15, -0.1) is 0 Å². The number of amides is 2. The standard InChI is InChI=1S/C23H24BrFN2O4/c1-31-21(28)13-20(15-4-8-18(24)9-5-15)26-22(29)17-3-2-12-27(14-17)23(30)16-6-10-19(25)11-7-16/h4-11,17,20H,2-3,12-14H2,1H3,(H,26,29). The molecule has 0 aromatic heterocycles. The first-order valence-corrected chi connectivity index (χ1v) is 10.8. The molecule has 2 atom stereocenters. The second-order valence-electron chi connectivity index (χ2n) is 7.49. The number of piperidine rings is 1. The smallest absolute Gasteiger partial charge is 0.307 e. The Bertz CT molecular complexity index is 934. The van der Waals surface area contributed by atoms with Crippen LogP contribution in [0.25, 0.3) is 0 Å². The second kappa shape index (κ2) is 10.5. The Morgan fingerprint density at radius 3 is 2.48 bits per heavy atom. The van der Waals surface area contributed by atoms with Crippen LogP contribution in [0.3, 0.4) is 0 Å². The SMILES string of the molecule is COC(=O)CC(NC(=O)C1CCCN(C(=O)c2ccc(F)cc2)C1)c1ccc(Br)cc1. The average Bonchev–Trinajstić information content (AvgIpc) is 2.79. The average molecular weight is 491 g/mol. The molecule has 164 valence electrons. The molecular weight excluding hydrogens is 467 g/mol. The summed E-state index contributed by atoms with van der Waals surface area (Å²) < 4.78 is 18.8. The molecule has 2 amide bonds. The fourth-order valence-electron chi connectivity index (χ4n) is 3.64. The minimum absolute atomic E-state index is 0.00875. The summed E-state index contributed by atoms with van der Waals surface area (Å²) in [5.41, 5.74) is 1.18. The number of carbonyl (C=O) groups is 3. The van der Waals surface area contributed by atoms with Gasteiger partial charge in [-0.2, -0.15) is 0 Å². The molecule has 8 heteroatoms. The molecule has 1 heterocycles. The van der Waals surface area contributed by atoms with E-state index in [0.29, 0.717) is 24.9 Å². The molecule has 0 aliphatic carbocycles. The molecule has 6 nitrogen and oxygen atoms in total. The number of nitrogens with one attached hydrogen (secondary N) is 1. The number of rotatable bonds is 6. The van der Waals surface area contributed by atoms with Crippen molar-refractivity contribution in [1.29, 1.82) is 0 Å². The number of likely N-dealkylation sites (tertiary alicyclic amines) is 1. The van der Waals surface area contributed by atoms with E-state index in [4.69, 9.17) is 4.74 Å². The van der Waals surface area contributed by atoms with E-state index < -0.39 is 23.7 Å². The van der Waals surface area contributed by atoms with Gasteiger partial charge in [0.05, 0.1) is 25.5 Å². The molecule has 0 bridgehead atoms. The van der Waals surface area contributed by atoms with Gasteiger partial charge in [0, 0.05) is 23.1 Å². The van der Waals surface area contributed by atoms with E-state index in [-0.39, 0.29) is 24.8 Å². The third kappa shape index (κ3) is 6.13. The summed E-state index contributed by atoms with van der Waals surface area (Å²) in [6, 6.07) is 12.2. The second-order valence-corrected chi connectivity index (χ2v) is 8.41. The van der Waals surface area contributed by atoms with Crippen molar-refractivity contribution in [3.05, 3.63) is 69.9 Å². The molecule has 2 unspecified atom stereocenters. The van der Waals surface area contributed by atoms with Gasteiger partial charge in [-0.05, 0) is 54.8 Å². The number of ether oxygens (including phenoxy) is 1. The van der Waals surface area contributed by atoms with Crippen LogP contribution in [0.5, 0.6) is 0 Å². The van der Waals surface area contributed by atoms with Crippen LogP contribution >= 0.6 is 15.9 Å². The van der Waals surface area contributed by atoms with Gasteiger partial charge >= 0.3 is 5.97 Å². The number of esters is 1. The summed E-state index contributed by atoms with van der Waals surface area (Å²) in [4.78, 5) is 39.3. The maximum Gasteiger partial charge on any atom is 0.307 e. The monoisotopic (exact) mass is 490 g/mol. The Balaban J connectivity index is 1.69. The van der Waals surface area contributed by atoms with Crippen LogP contribution in [0.4, 0.5) is 4.39 Å². The minimum Gasteiger partial charge on any atom is -0.469 e. The molecule has 1 saturated heterocycles. The number of hydrogen-bond donors (Lipinski definition) is 1. The third-order valence-electron chi connectivity index (χ3n) is 5.36. The number of benzene rings is 2. The summed E-state index contributed by atoms with van der Waals surface area (Å²) in [6.07, 6.45) is 1.34. The fraction of sp³-hybridized carbons (Fsp3) is 0.348. The summed E-state index contributed by atoms with van der Waals surface area (Å²) in [5.74, 6) is -1.67. The van der Waals surface area contributed by atoms with Crippen LogP contribution in [0.2, 0.25) is 0 Å². The van der Waals surface area contributed by atoms with E-state index in [1.165, 1.54) is 31.4 Å². The molecule has 0 radical (unpaired) electrons. The van der Waals surface area contributed by atoms with Crippen LogP contribution in [-0.4, -0.2) is 42.9 Å². The summed E-state index contributed by atoms with van der Waals surface area (Å²) in [7, 11) is 1.31. The highest BCUT2D eigenvalue weighted by molar-refractivity contribution is 9.10. The van der Waals surface area contributed by atoms with E-state index in [1.54, 1.807) is 4.90 Å². The van der Waals surface area contributed by atoms with Gasteiger partial charge < -0.3 is 15.0 Å². The van der Waals surface area contributed by atoms with Crippen molar-refractivity contribution in [1.82, 2.24) is 10.2 Å². The summed E-state index contributed by atoms with van der Waals surface area (Å²) in [6.45, 7) is 0.811. The molecule has 31 heavy (non-hydrogen) atoms. The summed E-state index contributed by atoms with van der Waals surface area (Å²) in [5, 5.41) is 2.95. The van der Waals surface area contributed by atoms with Gasteiger partial charge in [0.1, 0.15) is 5.82 Å². The van der Waals surface area contributed by atoms with Crippen molar-refractivity contribution in [2.24, 2.45) is 5.92 Å². The molecule has 1 aliphatic rings. The third-order valence-corrected chi connectivity index (χ3v) is 5.89.